The highest BCUT2D eigenvalue weighted by Gasteiger charge is 1.71. The average molecular weight is 248 g/mol. The van der Waals surface area contributed by atoms with Crippen molar-refractivity contribution in [1.82, 2.24) is 0 Å². The maximum atomic E-state index is 9.82. The van der Waals surface area contributed by atoms with Gasteiger partial charge in [0, 0.05) is 6.42 Å². The van der Waals surface area contributed by atoms with E-state index in [0.717, 1.165) is 31.8 Å². The minimum atomic E-state index is 0.542. The summed E-state index contributed by atoms with van der Waals surface area (Å²) in [6, 6.07) is 0. The van der Waals surface area contributed by atoms with E-state index in [1.165, 1.54) is 6.08 Å². The number of allylic oxidation sites excluding steroid dienone is 8. The molecule has 0 atom stereocenters. The average Bonchev–Trinajstić information content (AvgIpc) is 2.40. The van der Waals surface area contributed by atoms with Crippen molar-refractivity contribution in [2.45, 2.75) is 39.5 Å². The lowest BCUT2D eigenvalue weighted by Crippen LogP contribution is -1.65. The van der Waals surface area contributed by atoms with Crippen LogP contribution in [0.3, 0.4) is 0 Å². The van der Waals surface area contributed by atoms with Crippen LogP contribution in [0.25, 0.3) is 0 Å². The Kier molecular flexibility index (Phi) is 21.4. The first-order valence-corrected chi connectivity index (χ1v) is 6.34. The smallest absolute Gasteiger partial charge is 0.142 e. The summed E-state index contributed by atoms with van der Waals surface area (Å²) in [4.78, 5) is 19.5. The monoisotopic (exact) mass is 248 g/mol. The van der Waals surface area contributed by atoms with Crippen LogP contribution in [0.15, 0.2) is 48.6 Å². The van der Waals surface area contributed by atoms with Crippen molar-refractivity contribution in [2.75, 3.05) is 0 Å². The van der Waals surface area contributed by atoms with Crippen molar-refractivity contribution in [1.29, 1.82) is 0 Å². The Balaban J connectivity index is 0. The van der Waals surface area contributed by atoms with Crippen molar-refractivity contribution in [2.24, 2.45) is 0 Å². The molecule has 0 amide bonds. The third-order valence-electron chi connectivity index (χ3n) is 1.75. The molecule has 0 rings (SSSR count). The fourth-order valence-corrected chi connectivity index (χ4v) is 0.914. The van der Waals surface area contributed by atoms with Crippen LogP contribution in [0, 0.1) is 0 Å². The fourth-order valence-electron chi connectivity index (χ4n) is 0.914. The quantitative estimate of drug-likeness (QED) is 0.279. The van der Waals surface area contributed by atoms with Crippen LogP contribution < -0.4 is 0 Å². The Morgan fingerprint density at radius 1 is 0.667 bits per heavy atom. The summed E-state index contributed by atoms with van der Waals surface area (Å²) in [5.41, 5.74) is 0. The number of hydrogen-bond acceptors (Lipinski definition) is 2. The van der Waals surface area contributed by atoms with Crippen LogP contribution in [-0.2, 0) is 9.59 Å². The van der Waals surface area contributed by atoms with Gasteiger partial charge in [0.15, 0.2) is 0 Å². The van der Waals surface area contributed by atoms with Crippen molar-refractivity contribution in [3.05, 3.63) is 48.6 Å². The van der Waals surface area contributed by atoms with E-state index in [4.69, 9.17) is 0 Å². The second-order valence-corrected chi connectivity index (χ2v) is 3.35. The Labute approximate surface area is 111 Å². The van der Waals surface area contributed by atoms with E-state index in [0.29, 0.717) is 6.42 Å². The molecule has 0 spiro atoms. The highest BCUT2D eigenvalue weighted by Crippen LogP contribution is 1.88. The van der Waals surface area contributed by atoms with E-state index in [1.807, 2.05) is 31.2 Å². The minimum absolute atomic E-state index is 0.542. The molecule has 0 radical (unpaired) electrons. The van der Waals surface area contributed by atoms with Crippen LogP contribution >= 0.6 is 0 Å². The third-order valence-corrected chi connectivity index (χ3v) is 1.75. The van der Waals surface area contributed by atoms with Gasteiger partial charge in [-0.15, -0.1) is 0 Å². The molecule has 100 valence electrons. The zero-order chi connectivity index (χ0) is 13.9. The van der Waals surface area contributed by atoms with Gasteiger partial charge in [0.05, 0.1) is 0 Å². The number of aldehydes is 2. The van der Waals surface area contributed by atoms with E-state index in [-0.39, 0.29) is 0 Å². The molecule has 0 unspecified atom stereocenters. The first-order valence-electron chi connectivity index (χ1n) is 6.34. The first kappa shape index (κ1) is 18.7. The third kappa shape index (κ3) is 23.8. The molecule has 0 bridgehead atoms. The second kappa shape index (κ2) is 20.7. The zero-order valence-corrected chi connectivity index (χ0v) is 11.4. The highest BCUT2D eigenvalue weighted by molar-refractivity contribution is 5.65. The molecular formula is C16H24O2. The number of carbonyl (C=O) groups is 2. The largest absolute Gasteiger partial charge is 0.303 e. The summed E-state index contributed by atoms with van der Waals surface area (Å²) in [6.45, 7) is 4.15. The summed E-state index contributed by atoms with van der Waals surface area (Å²) in [5.74, 6) is 0. The Morgan fingerprint density at radius 3 is 1.83 bits per heavy atom. The molecule has 0 aliphatic carbocycles. The lowest BCUT2D eigenvalue weighted by atomic mass is 10.3. The number of hydrogen-bond donors (Lipinski definition) is 0. The Bertz CT molecular complexity index is 283. The van der Waals surface area contributed by atoms with Gasteiger partial charge in [-0.05, 0) is 25.3 Å². The normalized spacial score (nSPS) is 11.2. The van der Waals surface area contributed by atoms with Crippen molar-refractivity contribution in [3.63, 3.8) is 0 Å². The lowest BCUT2D eigenvalue weighted by molar-refractivity contribution is -0.107. The molecule has 0 saturated heterocycles. The van der Waals surface area contributed by atoms with Gasteiger partial charge in [0.2, 0.25) is 0 Å². The Morgan fingerprint density at radius 2 is 1.28 bits per heavy atom. The maximum Gasteiger partial charge on any atom is 0.142 e. The first-order chi connectivity index (χ1) is 8.83. The molecule has 0 aliphatic heterocycles. The summed E-state index contributed by atoms with van der Waals surface area (Å²) in [5, 5.41) is 0. The SMILES string of the molecule is CCC=CC=CC=O.CCC=CCC=CCC=O. The lowest BCUT2D eigenvalue weighted by Gasteiger charge is -1.79. The van der Waals surface area contributed by atoms with E-state index >= 15 is 0 Å². The minimum Gasteiger partial charge on any atom is -0.303 e. The topological polar surface area (TPSA) is 34.1 Å². The molecule has 0 aromatic heterocycles. The van der Waals surface area contributed by atoms with Crippen molar-refractivity contribution < 1.29 is 9.59 Å². The van der Waals surface area contributed by atoms with Crippen LogP contribution in [0.2, 0.25) is 0 Å². The van der Waals surface area contributed by atoms with Gasteiger partial charge in [0.1, 0.15) is 12.6 Å². The predicted molar refractivity (Wildman–Crippen MR) is 78.5 cm³/mol. The van der Waals surface area contributed by atoms with Gasteiger partial charge in [-0.2, -0.15) is 0 Å². The summed E-state index contributed by atoms with van der Waals surface area (Å²) in [6.07, 6.45) is 20.4. The predicted octanol–water partition coefficient (Wildman–Crippen LogP) is 4.20. The molecular weight excluding hydrogens is 224 g/mol. The fraction of sp³-hybridized carbons (Fsp3) is 0.375. The second-order valence-electron chi connectivity index (χ2n) is 3.35. The standard InChI is InChI=1S/C9H14O.C7H10O/c1-2-3-4-5-6-7-8-9-10;1-2-3-4-5-6-7-8/h3-4,6-7,9H,2,5,8H2,1H3;3-7H,2H2,1H3. The molecule has 18 heavy (non-hydrogen) atoms. The molecule has 2 nitrogen and oxygen atoms in total. The van der Waals surface area contributed by atoms with Gasteiger partial charge in [-0.3, -0.25) is 4.79 Å². The molecule has 2 heteroatoms. The van der Waals surface area contributed by atoms with E-state index in [9.17, 15) is 9.59 Å². The molecule has 0 saturated carbocycles. The van der Waals surface area contributed by atoms with E-state index in [2.05, 4.69) is 19.1 Å². The number of rotatable bonds is 8. The molecule has 0 fully saturated rings. The summed E-state index contributed by atoms with van der Waals surface area (Å²) in [7, 11) is 0. The van der Waals surface area contributed by atoms with E-state index < -0.39 is 0 Å². The number of carbonyl (C=O) groups excluding carboxylic acids is 2. The van der Waals surface area contributed by atoms with Gasteiger partial charge in [0.25, 0.3) is 0 Å². The molecule has 0 aromatic rings. The zero-order valence-electron chi connectivity index (χ0n) is 11.4. The maximum absolute atomic E-state index is 9.82. The highest BCUT2D eigenvalue weighted by atomic mass is 16.1. The van der Waals surface area contributed by atoms with Gasteiger partial charge >= 0.3 is 0 Å². The van der Waals surface area contributed by atoms with Gasteiger partial charge in [-0.1, -0.05) is 56.4 Å². The summed E-state index contributed by atoms with van der Waals surface area (Å²) < 4.78 is 0. The molecule has 0 aliphatic rings. The molecule has 0 aromatic carbocycles. The van der Waals surface area contributed by atoms with Crippen LogP contribution in [0.5, 0.6) is 0 Å². The molecule has 0 heterocycles. The van der Waals surface area contributed by atoms with Crippen molar-refractivity contribution in [3.8, 4) is 0 Å². The van der Waals surface area contributed by atoms with Crippen LogP contribution in [-0.4, -0.2) is 12.6 Å². The van der Waals surface area contributed by atoms with E-state index in [1.54, 1.807) is 6.08 Å². The van der Waals surface area contributed by atoms with Gasteiger partial charge in [-0.25, -0.2) is 0 Å². The van der Waals surface area contributed by atoms with Gasteiger partial charge < -0.3 is 4.79 Å². The Hall–Kier alpha value is -1.70. The van der Waals surface area contributed by atoms with Crippen molar-refractivity contribution >= 4 is 12.6 Å². The van der Waals surface area contributed by atoms with Crippen LogP contribution in [0.1, 0.15) is 39.5 Å². The summed E-state index contributed by atoms with van der Waals surface area (Å²) >= 11 is 0. The van der Waals surface area contributed by atoms with Crippen LogP contribution in [0.4, 0.5) is 0 Å². The molecule has 0 N–H and O–H groups in total.